The first-order valence-electron chi connectivity index (χ1n) is 9.12. The maximum absolute atomic E-state index is 12.7. The average Bonchev–Trinajstić information content (AvgIpc) is 2.94. The van der Waals surface area contributed by atoms with Crippen molar-refractivity contribution in [3.8, 4) is 11.5 Å². The van der Waals surface area contributed by atoms with Crippen molar-refractivity contribution in [1.29, 1.82) is 0 Å². The van der Waals surface area contributed by atoms with Crippen LogP contribution in [-0.4, -0.2) is 17.1 Å². The van der Waals surface area contributed by atoms with E-state index in [9.17, 15) is 9.59 Å². The van der Waals surface area contributed by atoms with Gasteiger partial charge in [-0.25, -0.2) is 0 Å². The third-order valence-electron chi connectivity index (χ3n) is 4.65. The van der Waals surface area contributed by atoms with Gasteiger partial charge in [-0.15, -0.1) is 11.6 Å². The predicted molar refractivity (Wildman–Crippen MR) is 110 cm³/mol. The van der Waals surface area contributed by atoms with Gasteiger partial charge in [0.05, 0.1) is 5.56 Å². The maximum Gasteiger partial charge on any atom is 0.329 e. The molecule has 28 heavy (non-hydrogen) atoms. The summed E-state index contributed by atoms with van der Waals surface area (Å²) in [4.78, 5) is 24.5. The molecule has 3 rings (SSSR count). The van der Waals surface area contributed by atoms with Crippen molar-refractivity contribution < 1.29 is 19.1 Å². The molecule has 5 heteroatoms. The Bertz CT molecular complexity index is 963. The number of rotatable bonds is 3. The molecule has 146 valence electrons. The molecule has 0 fully saturated rings. The van der Waals surface area contributed by atoms with Gasteiger partial charge in [0, 0.05) is 5.56 Å². The smallest absolute Gasteiger partial charge is 0.329 e. The average molecular weight is 399 g/mol. The first-order chi connectivity index (χ1) is 13.1. The van der Waals surface area contributed by atoms with Crippen molar-refractivity contribution in [3.05, 3.63) is 64.4 Å². The van der Waals surface area contributed by atoms with Crippen molar-refractivity contribution in [1.82, 2.24) is 0 Å². The summed E-state index contributed by atoms with van der Waals surface area (Å²) in [6.45, 7) is 9.74. The molecule has 0 radical (unpaired) electrons. The van der Waals surface area contributed by atoms with E-state index >= 15 is 0 Å². The normalized spacial score (nSPS) is 15.9. The molecule has 0 saturated carbocycles. The molecule has 1 unspecified atom stereocenters. The highest BCUT2D eigenvalue weighted by Crippen LogP contribution is 2.39. The number of benzene rings is 2. The van der Waals surface area contributed by atoms with E-state index < -0.39 is 11.3 Å². The summed E-state index contributed by atoms with van der Waals surface area (Å²) < 4.78 is 11.1. The number of carbonyl (C=O) groups is 2. The summed E-state index contributed by atoms with van der Waals surface area (Å²) in [5, 5.41) is -0.762. The Morgan fingerprint density at radius 3 is 2.36 bits per heavy atom. The largest absolute Gasteiger partial charge is 0.452 e. The van der Waals surface area contributed by atoms with Crippen molar-refractivity contribution in [2.75, 3.05) is 0 Å². The Kier molecular flexibility index (Phi) is 5.35. The molecule has 4 nitrogen and oxygen atoms in total. The Labute approximate surface area is 170 Å². The Hall–Kier alpha value is -2.59. The zero-order valence-corrected chi connectivity index (χ0v) is 17.4. The van der Waals surface area contributed by atoms with Gasteiger partial charge in [0.25, 0.3) is 0 Å². The van der Waals surface area contributed by atoms with Crippen molar-refractivity contribution in [2.24, 2.45) is 0 Å². The van der Waals surface area contributed by atoms with E-state index in [1.165, 1.54) is 5.56 Å². The number of halogens is 1. The van der Waals surface area contributed by atoms with Crippen LogP contribution in [0.3, 0.4) is 0 Å². The van der Waals surface area contributed by atoms with Crippen LogP contribution in [0.5, 0.6) is 11.5 Å². The molecule has 2 aromatic rings. The molecule has 0 N–H and O–H groups in total. The van der Waals surface area contributed by atoms with Crippen LogP contribution in [0.25, 0.3) is 6.08 Å². The second kappa shape index (κ2) is 7.44. The maximum atomic E-state index is 12.7. The van der Waals surface area contributed by atoms with Gasteiger partial charge in [-0.1, -0.05) is 45.0 Å². The van der Waals surface area contributed by atoms with E-state index in [2.05, 4.69) is 32.9 Å². The molecule has 0 aliphatic carbocycles. The number of carbonyl (C=O) groups excluding carboxylic acids is 2. The van der Waals surface area contributed by atoms with E-state index in [1.54, 1.807) is 32.1 Å². The second-order valence-electron chi connectivity index (χ2n) is 7.91. The number of alkyl halides is 1. The van der Waals surface area contributed by atoms with Gasteiger partial charge >= 0.3 is 5.97 Å². The number of fused-ring (bicyclic) bond motifs is 1. The minimum absolute atomic E-state index is 0.0626. The molecule has 0 bridgehead atoms. The Balaban J connectivity index is 1.88. The summed E-state index contributed by atoms with van der Waals surface area (Å²) >= 11 is 5.75. The third-order valence-corrected chi connectivity index (χ3v) is 4.82. The molecule has 1 aliphatic heterocycles. The number of Topliss-reactive ketones (excluding diaryl/α,β-unsaturated/α-hetero) is 1. The Morgan fingerprint density at radius 2 is 1.79 bits per heavy atom. The second-order valence-corrected chi connectivity index (χ2v) is 8.57. The van der Waals surface area contributed by atoms with E-state index in [1.807, 2.05) is 12.1 Å². The first-order valence-corrected chi connectivity index (χ1v) is 9.55. The fourth-order valence-electron chi connectivity index (χ4n) is 2.90. The molecule has 2 aromatic carbocycles. The lowest BCUT2D eigenvalue weighted by molar-refractivity contribution is -0.133. The highest BCUT2D eigenvalue weighted by atomic mass is 35.5. The van der Waals surface area contributed by atoms with Gasteiger partial charge in [-0.2, -0.15) is 0 Å². The zero-order chi connectivity index (χ0) is 20.6. The molecule has 0 spiro atoms. The van der Waals surface area contributed by atoms with Crippen LogP contribution in [-0.2, 0) is 10.2 Å². The number of esters is 1. The molecule has 1 atom stereocenters. The Morgan fingerprint density at radius 1 is 1.14 bits per heavy atom. The van der Waals surface area contributed by atoms with Crippen molar-refractivity contribution >= 4 is 29.4 Å². The van der Waals surface area contributed by atoms with Crippen LogP contribution in [0.1, 0.15) is 54.7 Å². The standard InChI is InChI=1S/C23H23ClO4/c1-13-18(28-22(26)14(2)24)11-10-17-20(25)19(27-21(13)17)12-15-6-8-16(9-7-15)23(3,4)5/h6-12,14H,1-5H3/b19-12-. The van der Waals surface area contributed by atoms with E-state index in [0.29, 0.717) is 22.6 Å². The fourth-order valence-corrected chi connectivity index (χ4v) is 2.94. The highest BCUT2D eigenvalue weighted by molar-refractivity contribution is 6.29. The summed E-state index contributed by atoms with van der Waals surface area (Å²) in [7, 11) is 0. The molecule has 0 saturated heterocycles. The lowest BCUT2D eigenvalue weighted by atomic mass is 9.86. The van der Waals surface area contributed by atoms with Gasteiger partial charge in [0.15, 0.2) is 5.76 Å². The van der Waals surface area contributed by atoms with E-state index in [4.69, 9.17) is 21.1 Å². The minimum Gasteiger partial charge on any atom is -0.452 e. The topological polar surface area (TPSA) is 52.6 Å². The minimum atomic E-state index is -0.762. The fraction of sp³-hybridized carbons (Fsp3) is 0.304. The molecule has 0 amide bonds. The van der Waals surface area contributed by atoms with Crippen LogP contribution < -0.4 is 9.47 Å². The number of ketones is 1. The summed E-state index contributed by atoms with van der Waals surface area (Å²) in [6.07, 6.45) is 1.72. The van der Waals surface area contributed by atoms with Gasteiger partial charge < -0.3 is 9.47 Å². The molecule has 0 aromatic heterocycles. The van der Waals surface area contributed by atoms with Gasteiger partial charge in [0.1, 0.15) is 16.9 Å². The summed E-state index contributed by atoms with van der Waals surface area (Å²) in [5.41, 5.74) is 3.20. The molecular formula is C23H23ClO4. The van der Waals surface area contributed by atoms with Crippen LogP contribution in [0, 0.1) is 6.92 Å². The first kappa shape index (κ1) is 20.2. The summed E-state index contributed by atoms with van der Waals surface area (Å²) in [5.74, 6) is 0.246. The highest BCUT2D eigenvalue weighted by Gasteiger charge is 2.30. The third kappa shape index (κ3) is 3.97. The lowest BCUT2D eigenvalue weighted by Crippen LogP contribution is -2.18. The number of hydrogen-bond acceptors (Lipinski definition) is 4. The van der Waals surface area contributed by atoms with Crippen molar-refractivity contribution in [2.45, 2.75) is 45.4 Å². The van der Waals surface area contributed by atoms with Gasteiger partial charge in [0.2, 0.25) is 5.78 Å². The van der Waals surface area contributed by atoms with Crippen LogP contribution >= 0.6 is 11.6 Å². The van der Waals surface area contributed by atoms with Crippen LogP contribution in [0.4, 0.5) is 0 Å². The zero-order valence-electron chi connectivity index (χ0n) is 16.6. The quantitative estimate of drug-likeness (QED) is 0.299. The number of allylic oxidation sites excluding steroid dienone is 1. The monoisotopic (exact) mass is 398 g/mol. The van der Waals surface area contributed by atoms with Crippen LogP contribution in [0.15, 0.2) is 42.2 Å². The lowest BCUT2D eigenvalue weighted by Gasteiger charge is -2.18. The molecule has 1 aliphatic rings. The van der Waals surface area contributed by atoms with Gasteiger partial charge in [-0.3, -0.25) is 9.59 Å². The molecular weight excluding hydrogens is 376 g/mol. The van der Waals surface area contributed by atoms with E-state index in [-0.39, 0.29) is 17.0 Å². The summed E-state index contributed by atoms with van der Waals surface area (Å²) in [6, 6.07) is 11.2. The van der Waals surface area contributed by atoms with E-state index in [0.717, 1.165) is 5.56 Å². The predicted octanol–water partition coefficient (Wildman–Crippen LogP) is 5.44. The van der Waals surface area contributed by atoms with Gasteiger partial charge in [-0.05, 0) is 48.6 Å². The van der Waals surface area contributed by atoms with Crippen molar-refractivity contribution in [3.63, 3.8) is 0 Å². The number of hydrogen-bond donors (Lipinski definition) is 0. The SMILES string of the molecule is Cc1c(OC(=O)C(C)Cl)ccc2c1O/C(=C\c1ccc(C(C)(C)C)cc1)C2=O. The molecule has 1 heterocycles. The van der Waals surface area contributed by atoms with Crippen LogP contribution in [0.2, 0.25) is 0 Å². The number of ether oxygens (including phenoxy) is 2.